The van der Waals surface area contributed by atoms with Crippen molar-refractivity contribution in [2.75, 3.05) is 0 Å². The second kappa shape index (κ2) is 12.8. The molecule has 0 saturated carbocycles. The molecule has 0 aromatic heterocycles. The molecule has 0 aromatic rings. The van der Waals surface area contributed by atoms with Crippen LogP contribution < -0.4 is 29.6 Å². The molecule has 0 heterocycles. The SMILES string of the molecule is O=S(=O)([O-])O.[N-]=[N+]=N.[Na+].[NaH]. The third-order valence-electron chi connectivity index (χ3n) is 0. The van der Waals surface area contributed by atoms with Crippen LogP contribution in [0.25, 0.3) is 10.4 Å². The van der Waals surface area contributed by atoms with E-state index in [0.717, 1.165) is 0 Å². The summed E-state index contributed by atoms with van der Waals surface area (Å²) in [6.45, 7) is 0. The van der Waals surface area contributed by atoms with Crippen LogP contribution in [0.15, 0.2) is 0 Å². The summed E-state index contributed by atoms with van der Waals surface area (Å²) >= 11 is 0. The Bertz CT molecular complexity index is 159. The summed E-state index contributed by atoms with van der Waals surface area (Å²) in [6.07, 6.45) is 0. The van der Waals surface area contributed by atoms with Crippen LogP contribution in [0.1, 0.15) is 0 Å². The minimum absolute atomic E-state index is 0. The van der Waals surface area contributed by atoms with Crippen molar-refractivity contribution < 1.29 is 47.1 Å². The molecule has 0 aliphatic rings. The van der Waals surface area contributed by atoms with Gasteiger partial charge in [0.25, 0.3) is 0 Å². The number of nitrogens with one attached hydrogen (secondary N) is 1. The average Bonchev–Trinajstić information content (AvgIpc) is 1.27. The van der Waals surface area contributed by atoms with Crippen molar-refractivity contribution in [2.45, 2.75) is 0 Å². The fourth-order valence-electron chi connectivity index (χ4n) is 0. The Morgan fingerprint density at radius 3 is 1.60 bits per heavy atom. The third-order valence-corrected chi connectivity index (χ3v) is 0. The average molecular weight is 187 g/mol. The van der Waals surface area contributed by atoms with Gasteiger partial charge in [-0.25, -0.2) is 8.42 Å². The monoisotopic (exact) mass is 187 g/mol. The quantitative estimate of drug-likeness (QED) is 0.100. The molecule has 50 valence electrons. The van der Waals surface area contributed by atoms with Gasteiger partial charge in [-0.2, -0.15) is 0 Å². The van der Waals surface area contributed by atoms with Crippen molar-refractivity contribution in [2.24, 2.45) is 0 Å². The van der Waals surface area contributed by atoms with E-state index in [9.17, 15) is 0 Å². The van der Waals surface area contributed by atoms with Gasteiger partial charge in [-0.3, -0.25) is 4.55 Å². The van der Waals surface area contributed by atoms with Gasteiger partial charge in [0.2, 0.25) is 10.4 Å². The minimum atomic E-state index is -4.92. The second-order valence-corrected chi connectivity index (χ2v) is 1.38. The van der Waals surface area contributed by atoms with Crippen LogP contribution in [-0.4, -0.2) is 47.1 Å². The van der Waals surface area contributed by atoms with Crippen LogP contribution in [0, 0.1) is 5.53 Å². The van der Waals surface area contributed by atoms with Gasteiger partial charge in [-0.15, -0.1) is 5.53 Å². The van der Waals surface area contributed by atoms with E-state index in [1.165, 1.54) is 0 Å². The summed E-state index contributed by atoms with van der Waals surface area (Å²) in [6, 6.07) is 0. The Hall–Kier alpha value is 1.18. The molecule has 0 unspecified atom stereocenters. The Balaban J connectivity index is -0.0000000326. The van der Waals surface area contributed by atoms with Crippen LogP contribution in [0.5, 0.6) is 0 Å². The van der Waals surface area contributed by atoms with E-state index in [-0.39, 0.29) is 59.1 Å². The van der Waals surface area contributed by atoms with E-state index in [0.29, 0.717) is 0 Å². The van der Waals surface area contributed by atoms with Crippen molar-refractivity contribution in [3.8, 4) is 0 Å². The molecule has 0 spiro atoms. The van der Waals surface area contributed by atoms with E-state index in [4.69, 9.17) is 28.6 Å². The van der Waals surface area contributed by atoms with Gasteiger partial charge in [-0.1, -0.05) is 0 Å². The van der Waals surface area contributed by atoms with Gasteiger partial charge in [0.15, 0.2) is 0 Å². The molecule has 7 nitrogen and oxygen atoms in total. The Morgan fingerprint density at radius 2 is 1.60 bits per heavy atom. The van der Waals surface area contributed by atoms with Crippen LogP contribution in [-0.2, 0) is 10.4 Å². The van der Waals surface area contributed by atoms with Gasteiger partial charge in [0.1, 0.15) is 0 Å². The number of hydrogen-bond donors (Lipinski definition) is 2. The zero-order valence-electron chi connectivity index (χ0n) is 4.47. The van der Waals surface area contributed by atoms with Crippen molar-refractivity contribution in [1.29, 1.82) is 5.53 Å². The molecule has 0 aliphatic heterocycles. The predicted molar refractivity (Wildman–Crippen MR) is 28.9 cm³/mol. The van der Waals surface area contributed by atoms with Crippen LogP contribution in [0.3, 0.4) is 0 Å². The maximum atomic E-state index is 8.63. The van der Waals surface area contributed by atoms with E-state index >= 15 is 0 Å². The first-order chi connectivity index (χ1) is 3.41. The molecular formula is H3N3Na2O4S. The molecule has 0 aliphatic carbocycles. The Morgan fingerprint density at radius 1 is 1.60 bits per heavy atom. The van der Waals surface area contributed by atoms with Gasteiger partial charge < -0.3 is 4.55 Å². The van der Waals surface area contributed by atoms with E-state index in [2.05, 4.69) is 0 Å². The molecule has 2 N–H and O–H groups in total. The fourth-order valence-corrected chi connectivity index (χ4v) is 0. The molecule has 10 heteroatoms. The fraction of sp³-hybridized carbons (Fsp3) is 0. The summed E-state index contributed by atoms with van der Waals surface area (Å²) in [5, 5.41) is 0. The molecule has 0 rings (SSSR count). The normalized spacial score (nSPS) is 6.60. The summed E-state index contributed by atoms with van der Waals surface area (Å²) < 4.78 is 32.8. The van der Waals surface area contributed by atoms with Gasteiger partial charge in [0, 0.05) is 0 Å². The number of nitrogens with zero attached hydrogens (tertiary/aromatic N) is 2. The zero-order chi connectivity index (χ0) is 7.21. The summed E-state index contributed by atoms with van der Waals surface area (Å²) in [5.41, 5.74) is 12.2. The summed E-state index contributed by atoms with van der Waals surface area (Å²) in [7, 11) is -4.92. The first-order valence-electron chi connectivity index (χ1n) is 1.11. The van der Waals surface area contributed by atoms with Crippen molar-refractivity contribution in [3.05, 3.63) is 10.4 Å². The Kier molecular flexibility index (Phi) is 28.8. The molecule has 10 heavy (non-hydrogen) atoms. The van der Waals surface area contributed by atoms with Gasteiger partial charge in [-0.05, 0) is 10.4 Å². The number of hydrogen-bond acceptors (Lipinski definition) is 4. The molecule has 0 radical (unpaired) electrons. The number of rotatable bonds is 0. The van der Waals surface area contributed by atoms with Crippen LogP contribution in [0.2, 0.25) is 0 Å². The van der Waals surface area contributed by atoms with Gasteiger partial charge >= 0.3 is 59.1 Å². The molecule has 0 amide bonds. The van der Waals surface area contributed by atoms with Crippen molar-refractivity contribution in [3.63, 3.8) is 0 Å². The second-order valence-electron chi connectivity index (χ2n) is 0.528. The van der Waals surface area contributed by atoms with Crippen LogP contribution in [0.4, 0.5) is 0 Å². The topological polar surface area (TPSA) is 138 Å². The van der Waals surface area contributed by atoms with E-state index in [1.807, 2.05) is 0 Å². The van der Waals surface area contributed by atoms with E-state index < -0.39 is 10.4 Å². The third kappa shape index (κ3) is 441. The molecule has 0 saturated heterocycles. The molecule has 0 aromatic carbocycles. The van der Waals surface area contributed by atoms with Gasteiger partial charge in [0.05, 0.1) is 0 Å². The first-order valence-corrected chi connectivity index (χ1v) is 2.47. The zero-order valence-corrected chi connectivity index (χ0v) is 7.29. The maximum absolute atomic E-state index is 8.63. The standard InChI is InChI=1S/HN3.2Na.H2O4S.H/c1-3-2;;;1-5(2,3)4;/h1H;;;(H2,1,2,3,4);/q;;+1;;/p-1. The molecule has 0 atom stereocenters. The van der Waals surface area contributed by atoms with E-state index in [1.54, 1.807) is 4.91 Å². The Labute approximate surface area is 102 Å². The first kappa shape index (κ1) is 22.5. The predicted octanol–water partition coefficient (Wildman–Crippen LogP) is -3.76. The molecule has 0 bridgehead atoms. The summed E-state index contributed by atoms with van der Waals surface area (Å²) in [4.78, 5) is 1.75. The van der Waals surface area contributed by atoms with Crippen molar-refractivity contribution in [1.82, 2.24) is 0 Å². The van der Waals surface area contributed by atoms with Crippen LogP contribution >= 0.6 is 0 Å². The molecule has 0 fully saturated rings. The summed E-state index contributed by atoms with van der Waals surface area (Å²) in [5.74, 6) is 0. The van der Waals surface area contributed by atoms with Crippen molar-refractivity contribution >= 4 is 40.0 Å². The molecular weight excluding hydrogens is 184 g/mol.